The third-order valence-corrected chi connectivity index (χ3v) is 2.96. The molecule has 2 saturated heterocycles. The van der Waals surface area contributed by atoms with Crippen molar-refractivity contribution in [2.75, 3.05) is 13.2 Å². The second kappa shape index (κ2) is 3.11. The first-order valence-electron chi connectivity index (χ1n) is 4.73. The van der Waals surface area contributed by atoms with E-state index in [9.17, 15) is 0 Å². The fourth-order valence-electron chi connectivity index (χ4n) is 2.24. The zero-order valence-electron chi connectivity index (χ0n) is 7.18. The number of ether oxygens (including phenoxy) is 1. The van der Waals surface area contributed by atoms with Gasteiger partial charge in [0.25, 0.3) is 0 Å². The summed E-state index contributed by atoms with van der Waals surface area (Å²) in [6.45, 7) is 4.49. The van der Waals surface area contributed by atoms with Gasteiger partial charge < -0.3 is 10.1 Å². The highest BCUT2D eigenvalue weighted by Crippen LogP contribution is 2.25. The van der Waals surface area contributed by atoms with Crippen LogP contribution in [0.3, 0.4) is 0 Å². The molecule has 0 aromatic heterocycles. The Hall–Kier alpha value is -0.0800. The molecule has 2 heterocycles. The summed E-state index contributed by atoms with van der Waals surface area (Å²) < 4.78 is 5.64. The van der Waals surface area contributed by atoms with E-state index in [1.807, 2.05) is 0 Å². The summed E-state index contributed by atoms with van der Waals surface area (Å²) in [5.41, 5.74) is 0. The highest BCUT2D eigenvalue weighted by atomic mass is 16.5. The van der Waals surface area contributed by atoms with Gasteiger partial charge in [0.15, 0.2) is 0 Å². The Balaban J connectivity index is 1.92. The predicted molar refractivity (Wildman–Crippen MR) is 44.5 cm³/mol. The summed E-state index contributed by atoms with van der Waals surface area (Å²) in [5, 5.41) is 3.52. The molecule has 2 heteroatoms. The molecule has 2 nitrogen and oxygen atoms in total. The van der Waals surface area contributed by atoms with Crippen LogP contribution in [0.5, 0.6) is 0 Å². The fraction of sp³-hybridized carbons (Fsp3) is 1.00. The number of rotatable bonds is 1. The first kappa shape index (κ1) is 7.56. The summed E-state index contributed by atoms with van der Waals surface area (Å²) in [6.07, 6.45) is 4.37. The number of hydrogen-bond donors (Lipinski definition) is 1. The third kappa shape index (κ3) is 1.42. The quantitative estimate of drug-likeness (QED) is 0.613. The Bertz CT molecular complexity index is 132. The first-order chi connectivity index (χ1) is 5.38. The SMILES string of the molecule is CC1CCNC1C1CCCO1. The zero-order chi connectivity index (χ0) is 7.68. The molecule has 2 rings (SSSR count). The maximum atomic E-state index is 5.64. The summed E-state index contributed by atoms with van der Waals surface area (Å²) in [5.74, 6) is 0.818. The van der Waals surface area contributed by atoms with Gasteiger partial charge in [-0.2, -0.15) is 0 Å². The summed E-state index contributed by atoms with van der Waals surface area (Å²) in [6, 6.07) is 0.650. The lowest BCUT2D eigenvalue weighted by molar-refractivity contribution is 0.0731. The fourth-order valence-corrected chi connectivity index (χ4v) is 2.24. The van der Waals surface area contributed by atoms with Crippen LogP contribution in [-0.4, -0.2) is 25.3 Å². The van der Waals surface area contributed by atoms with Crippen LogP contribution in [0.2, 0.25) is 0 Å². The molecule has 0 aliphatic carbocycles. The van der Waals surface area contributed by atoms with E-state index in [1.165, 1.54) is 25.8 Å². The van der Waals surface area contributed by atoms with Gasteiger partial charge in [-0.3, -0.25) is 0 Å². The van der Waals surface area contributed by atoms with Gasteiger partial charge in [-0.1, -0.05) is 6.92 Å². The van der Waals surface area contributed by atoms with Crippen LogP contribution in [0.4, 0.5) is 0 Å². The Labute approximate surface area is 68.3 Å². The number of hydrogen-bond acceptors (Lipinski definition) is 2. The molecule has 3 atom stereocenters. The summed E-state index contributed by atoms with van der Waals surface area (Å²) >= 11 is 0. The van der Waals surface area contributed by atoms with Crippen molar-refractivity contribution in [2.24, 2.45) is 5.92 Å². The maximum Gasteiger partial charge on any atom is 0.0731 e. The molecule has 1 N–H and O–H groups in total. The standard InChI is InChI=1S/C9H17NO/c1-7-4-5-10-9(7)8-3-2-6-11-8/h7-10H,2-6H2,1H3. The Morgan fingerprint density at radius 3 is 2.82 bits per heavy atom. The second-order valence-electron chi connectivity index (χ2n) is 3.80. The van der Waals surface area contributed by atoms with Crippen LogP contribution in [0.25, 0.3) is 0 Å². The molecule has 0 amide bonds. The van der Waals surface area contributed by atoms with Crippen molar-refractivity contribution in [3.63, 3.8) is 0 Å². The monoisotopic (exact) mass is 155 g/mol. The molecule has 0 radical (unpaired) electrons. The van der Waals surface area contributed by atoms with Crippen molar-refractivity contribution < 1.29 is 4.74 Å². The molecular weight excluding hydrogens is 138 g/mol. The molecule has 0 aromatic carbocycles. The average Bonchev–Trinajstić information content (AvgIpc) is 2.55. The van der Waals surface area contributed by atoms with Gasteiger partial charge in [-0.25, -0.2) is 0 Å². The van der Waals surface area contributed by atoms with Crippen molar-refractivity contribution in [3.8, 4) is 0 Å². The minimum atomic E-state index is 0.521. The molecule has 3 unspecified atom stereocenters. The molecule has 0 saturated carbocycles. The van der Waals surface area contributed by atoms with E-state index in [4.69, 9.17) is 4.74 Å². The smallest absolute Gasteiger partial charge is 0.0731 e. The van der Waals surface area contributed by atoms with Crippen molar-refractivity contribution in [1.82, 2.24) is 5.32 Å². The van der Waals surface area contributed by atoms with Gasteiger partial charge in [-0.15, -0.1) is 0 Å². The molecule has 64 valence electrons. The van der Waals surface area contributed by atoms with E-state index >= 15 is 0 Å². The molecule has 0 aromatic rings. The van der Waals surface area contributed by atoms with Gasteiger partial charge in [-0.05, 0) is 31.7 Å². The van der Waals surface area contributed by atoms with Gasteiger partial charge in [0.1, 0.15) is 0 Å². The van der Waals surface area contributed by atoms with Crippen LogP contribution in [0.15, 0.2) is 0 Å². The van der Waals surface area contributed by atoms with Gasteiger partial charge in [0, 0.05) is 12.6 Å². The maximum absolute atomic E-state index is 5.64. The van der Waals surface area contributed by atoms with Crippen LogP contribution in [-0.2, 0) is 4.74 Å². The first-order valence-corrected chi connectivity index (χ1v) is 4.73. The average molecular weight is 155 g/mol. The Morgan fingerprint density at radius 1 is 1.36 bits per heavy atom. The van der Waals surface area contributed by atoms with Gasteiger partial charge in [0.2, 0.25) is 0 Å². The predicted octanol–water partition coefficient (Wildman–Crippen LogP) is 1.16. The second-order valence-corrected chi connectivity index (χ2v) is 3.80. The summed E-state index contributed by atoms with van der Waals surface area (Å²) in [4.78, 5) is 0. The van der Waals surface area contributed by atoms with E-state index in [0.717, 1.165) is 12.5 Å². The van der Waals surface area contributed by atoms with E-state index < -0.39 is 0 Å². The van der Waals surface area contributed by atoms with Crippen molar-refractivity contribution in [2.45, 2.75) is 38.3 Å². The van der Waals surface area contributed by atoms with E-state index in [-0.39, 0.29) is 0 Å². The third-order valence-electron chi connectivity index (χ3n) is 2.96. The topological polar surface area (TPSA) is 21.3 Å². The minimum Gasteiger partial charge on any atom is -0.377 e. The largest absolute Gasteiger partial charge is 0.377 e. The van der Waals surface area contributed by atoms with Gasteiger partial charge in [0.05, 0.1) is 6.10 Å². The van der Waals surface area contributed by atoms with Crippen molar-refractivity contribution >= 4 is 0 Å². The van der Waals surface area contributed by atoms with Crippen LogP contribution < -0.4 is 5.32 Å². The van der Waals surface area contributed by atoms with E-state index in [0.29, 0.717) is 12.1 Å². The lowest BCUT2D eigenvalue weighted by Crippen LogP contribution is -2.37. The lowest BCUT2D eigenvalue weighted by Gasteiger charge is -2.21. The minimum absolute atomic E-state index is 0.521. The van der Waals surface area contributed by atoms with Crippen molar-refractivity contribution in [3.05, 3.63) is 0 Å². The molecule has 11 heavy (non-hydrogen) atoms. The van der Waals surface area contributed by atoms with Crippen LogP contribution in [0.1, 0.15) is 26.2 Å². The highest BCUT2D eigenvalue weighted by Gasteiger charge is 2.32. The van der Waals surface area contributed by atoms with E-state index in [2.05, 4.69) is 12.2 Å². The lowest BCUT2D eigenvalue weighted by atomic mass is 9.97. The van der Waals surface area contributed by atoms with E-state index in [1.54, 1.807) is 0 Å². The Morgan fingerprint density at radius 2 is 2.27 bits per heavy atom. The zero-order valence-corrected chi connectivity index (χ0v) is 7.18. The summed E-state index contributed by atoms with van der Waals surface area (Å²) in [7, 11) is 0. The van der Waals surface area contributed by atoms with Gasteiger partial charge >= 0.3 is 0 Å². The van der Waals surface area contributed by atoms with Crippen LogP contribution in [0, 0.1) is 5.92 Å². The molecule has 2 aliphatic heterocycles. The Kier molecular flexibility index (Phi) is 2.14. The molecule has 2 aliphatic rings. The molecule has 0 spiro atoms. The highest BCUT2D eigenvalue weighted by molar-refractivity contribution is 4.89. The van der Waals surface area contributed by atoms with Crippen LogP contribution >= 0.6 is 0 Å². The molecule has 2 fully saturated rings. The molecule has 0 bridgehead atoms. The normalized spacial score (nSPS) is 45.0. The molecular formula is C9H17NO. The van der Waals surface area contributed by atoms with Crippen molar-refractivity contribution in [1.29, 1.82) is 0 Å². The number of nitrogens with one attached hydrogen (secondary N) is 1.